The molecule has 0 spiro atoms. The van der Waals surface area contributed by atoms with Crippen LogP contribution in [0.25, 0.3) is 0 Å². The third-order valence-electron chi connectivity index (χ3n) is 4.50. The van der Waals surface area contributed by atoms with Crippen LogP contribution in [0, 0.1) is 0 Å². The summed E-state index contributed by atoms with van der Waals surface area (Å²) in [4.78, 5) is 12.6. The van der Waals surface area contributed by atoms with Crippen LogP contribution in [0.2, 0.25) is 0 Å². The monoisotopic (exact) mass is 375 g/mol. The zero-order chi connectivity index (χ0) is 19.9. The normalized spacial score (nSPS) is 10.6. The summed E-state index contributed by atoms with van der Waals surface area (Å²) in [6.07, 6.45) is 0. The maximum atomic E-state index is 12.6. The molecule has 1 amide bonds. The Morgan fingerprint density at radius 1 is 0.929 bits per heavy atom. The average molecular weight is 375 g/mol. The lowest BCUT2D eigenvalue weighted by Gasteiger charge is -2.16. The van der Waals surface area contributed by atoms with Crippen molar-refractivity contribution < 1.29 is 14.3 Å². The molecule has 0 fully saturated rings. The Bertz CT molecular complexity index is 936. The number of amides is 1. The molecule has 0 unspecified atom stereocenters. The van der Waals surface area contributed by atoms with Crippen LogP contribution in [0.5, 0.6) is 11.5 Å². The van der Waals surface area contributed by atoms with E-state index < -0.39 is 0 Å². The molecule has 4 nitrogen and oxygen atoms in total. The van der Waals surface area contributed by atoms with Crippen LogP contribution < -0.4 is 14.8 Å². The number of nitrogens with one attached hydrogen (secondary N) is 1. The summed E-state index contributed by atoms with van der Waals surface area (Å²) < 4.78 is 11.5. The van der Waals surface area contributed by atoms with Gasteiger partial charge in [-0.2, -0.15) is 0 Å². The minimum Gasteiger partial charge on any atom is -0.496 e. The van der Waals surface area contributed by atoms with E-state index in [0.29, 0.717) is 23.8 Å². The molecule has 0 radical (unpaired) electrons. The molecule has 3 aromatic carbocycles. The Morgan fingerprint density at radius 2 is 1.64 bits per heavy atom. The molecule has 4 heteroatoms. The number of methoxy groups -OCH3 is 1. The van der Waals surface area contributed by atoms with Crippen molar-refractivity contribution in [2.45, 2.75) is 26.4 Å². The molecular weight excluding hydrogens is 350 g/mol. The molecule has 3 aromatic rings. The molecule has 0 aliphatic heterocycles. The Labute approximate surface area is 166 Å². The summed E-state index contributed by atoms with van der Waals surface area (Å²) in [6.45, 7) is 4.59. The minimum atomic E-state index is -0.169. The lowest BCUT2D eigenvalue weighted by atomic mass is 10.0. The lowest BCUT2D eigenvalue weighted by molar-refractivity contribution is 0.102. The summed E-state index contributed by atoms with van der Waals surface area (Å²) >= 11 is 0. The first-order valence-electron chi connectivity index (χ1n) is 9.33. The highest BCUT2D eigenvalue weighted by molar-refractivity contribution is 6.04. The maximum absolute atomic E-state index is 12.6. The van der Waals surface area contributed by atoms with Crippen LogP contribution in [0.3, 0.4) is 0 Å². The fourth-order valence-corrected chi connectivity index (χ4v) is 3.00. The Hall–Kier alpha value is -3.27. The van der Waals surface area contributed by atoms with Gasteiger partial charge in [-0.3, -0.25) is 4.79 Å². The van der Waals surface area contributed by atoms with Gasteiger partial charge in [0.15, 0.2) is 0 Å². The summed E-state index contributed by atoms with van der Waals surface area (Å²) in [7, 11) is 1.62. The number of rotatable bonds is 7. The van der Waals surface area contributed by atoms with Gasteiger partial charge in [-0.15, -0.1) is 0 Å². The SMILES string of the molecule is COc1ccc(C(=O)Nc2ccccc2)cc1COc1ccccc1C(C)C. The van der Waals surface area contributed by atoms with Gasteiger partial charge in [0, 0.05) is 16.8 Å². The van der Waals surface area contributed by atoms with Crippen LogP contribution in [-0.4, -0.2) is 13.0 Å². The van der Waals surface area contributed by atoms with E-state index >= 15 is 0 Å². The highest BCUT2D eigenvalue weighted by atomic mass is 16.5. The van der Waals surface area contributed by atoms with Crippen molar-refractivity contribution in [1.29, 1.82) is 0 Å². The predicted molar refractivity (Wildman–Crippen MR) is 112 cm³/mol. The molecule has 3 rings (SSSR count). The second kappa shape index (κ2) is 9.09. The second-order valence-corrected chi connectivity index (χ2v) is 6.83. The third kappa shape index (κ3) is 4.71. The van der Waals surface area contributed by atoms with Crippen LogP contribution in [0.1, 0.15) is 41.3 Å². The first-order valence-corrected chi connectivity index (χ1v) is 9.33. The van der Waals surface area contributed by atoms with E-state index in [1.165, 1.54) is 0 Å². The van der Waals surface area contributed by atoms with E-state index in [9.17, 15) is 4.79 Å². The van der Waals surface area contributed by atoms with Crippen molar-refractivity contribution in [2.75, 3.05) is 12.4 Å². The van der Waals surface area contributed by atoms with E-state index in [4.69, 9.17) is 9.47 Å². The van der Waals surface area contributed by atoms with Crippen molar-refractivity contribution in [3.8, 4) is 11.5 Å². The van der Waals surface area contributed by atoms with Gasteiger partial charge in [-0.1, -0.05) is 50.2 Å². The largest absolute Gasteiger partial charge is 0.496 e. The zero-order valence-corrected chi connectivity index (χ0v) is 16.4. The first-order chi connectivity index (χ1) is 13.6. The molecule has 0 bridgehead atoms. The van der Waals surface area contributed by atoms with Crippen molar-refractivity contribution in [3.63, 3.8) is 0 Å². The van der Waals surface area contributed by atoms with Crippen molar-refractivity contribution >= 4 is 11.6 Å². The smallest absolute Gasteiger partial charge is 0.255 e. The quantitative estimate of drug-likeness (QED) is 0.580. The molecule has 0 saturated heterocycles. The highest BCUT2D eigenvalue weighted by Gasteiger charge is 2.13. The standard InChI is InChI=1S/C24H25NO3/c1-17(2)21-11-7-8-12-23(21)28-16-19-15-18(13-14-22(19)27-3)24(26)25-20-9-5-4-6-10-20/h4-15,17H,16H2,1-3H3,(H,25,26). The van der Waals surface area contributed by atoms with E-state index in [-0.39, 0.29) is 5.91 Å². The fourth-order valence-electron chi connectivity index (χ4n) is 3.00. The van der Waals surface area contributed by atoms with E-state index in [1.54, 1.807) is 19.2 Å². The van der Waals surface area contributed by atoms with Crippen LogP contribution in [0.4, 0.5) is 5.69 Å². The summed E-state index contributed by atoms with van der Waals surface area (Å²) in [5.41, 5.74) is 3.29. The number of hydrogen-bond acceptors (Lipinski definition) is 3. The van der Waals surface area contributed by atoms with E-state index in [1.807, 2.05) is 54.6 Å². The zero-order valence-electron chi connectivity index (χ0n) is 16.4. The number of anilines is 1. The number of carbonyl (C=O) groups excluding carboxylic acids is 1. The van der Waals surface area contributed by atoms with Crippen molar-refractivity contribution in [3.05, 3.63) is 89.5 Å². The van der Waals surface area contributed by atoms with Crippen LogP contribution >= 0.6 is 0 Å². The second-order valence-electron chi connectivity index (χ2n) is 6.83. The molecular formula is C24H25NO3. The van der Waals surface area contributed by atoms with Gasteiger partial charge in [-0.05, 0) is 47.9 Å². The molecule has 1 N–H and O–H groups in total. The van der Waals surface area contributed by atoms with Gasteiger partial charge in [0.05, 0.1) is 7.11 Å². The van der Waals surface area contributed by atoms with Gasteiger partial charge < -0.3 is 14.8 Å². The van der Waals surface area contributed by atoms with Crippen molar-refractivity contribution in [1.82, 2.24) is 0 Å². The summed E-state index contributed by atoms with van der Waals surface area (Å²) in [6, 6.07) is 22.8. The Balaban J connectivity index is 1.79. The third-order valence-corrected chi connectivity index (χ3v) is 4.50. The van der Waals surface area contributed by atoms with Gasteiger partial charge in [-0.25, -0.2) is 0 Å². The maximum Gasteiger partial charge on any atom is 0.255 e. The van der Waals surface area contributed by atoms with Gasteiger partial charge >= 0.3 is 0 Å². The first kappa shape index (κ1) is 19.5. The number of benzene rings is 3. The van der Waals surface area contributed by atoms with Gasteiger partial charge in [0.2, 0.25) is 0 Å². The molecule has 144 valence electrons. The molecule has 0 heterocycles. The fraction of sp³-hybridized carbons (Fsp3) is 0.208. The molecule has 0 atom stereocenters. The predicted octanol–water partition coefficient (Wildman–Crippen LogP) is 5.65. The molecule has 0 aromatic heterocycles. The van der Waals surface area contributed by atoms with Gasteiger partial charge in [0.1, 0.15) is 18.1 Å². The lowest BCUT2D eigenvalue weighted by Crippen LogP contribution is -2.12. The summed E-state index contributed by atoms with van der Waals surface area (Å²) in [5, 5.41) is 2.90. The molecule has 0 aliphatic carbocycles. The van der Waals surface area contributed by atoms with Crippen molar-refractivity contribution in [2.24, 2.45) is 0 Å². The average Bonchev–Trinajstić information content (AvgIpc) is 2.72. The van der Waals surface area contributed by atoms with E-state index in [2.05, 4.69) is 25.2 Å². The highest BCUT2D eigenvalue weighted by Crippen LogP contribution is 2.28. The number of para-hydroxylation sites is 2. The topological polar surface area (TPSA) is 47.6 Å². The van der Waals surface area contributed by atoms with Gasteiger partial charge in [0.25, 0.3) is 5.91 Å². The van der Waals surface area contributed by atoms with Crippen LogP contribution in [-0.2, 0) is 6.61 Å². The van der Waals surface area contributed by atoms with E-state index in [0.717, 1.165) is 22.6 Å². The van der Waals surface area contributed by atoms with Crippen LogP contribution in [0.15, 0.2) is 72.8 Å². The Morgan fingerprint density at radius 3 is 2.36 bits per heavy atom. The summed E-state index contributed by atoms with van der Waals surface area (Å²) in [5.74, 6) is 1.73. The number of carbonyl (C=O) groups is 1. The molecule has 0 aliphatic rings. The molecule has 28 heavy (non-hydrogen) atoms. The number of ether oxygens (including phenoxy) is 2. The minimum absolute atomic E-state index is 0.169. The number of hydrogen-bond donors (Lipinski definition) is 1. The Kier molecular flexibility index (Phi) is 6.33. The molecule has 0 saturated carbocycles.